The van der Waals surface area contributed by atoms with Crippen molar-refractivity contribution >= 4 is 0 Å². The normalized spacial score (nSPS) is 23.6. The van der Waals surface area contributed by atoms with Crippen molar-refractivity contribution in [1.29, 1.82) is 0 Å². The number of hydrogen-bond donors (Lipinski definition) is 0. The quantitative estimate of drug-likeness (QED) is 0.772. The second kappa shape index (κ2) is 5.75. The predicted molar refractivity (Wildman–Crippen MR) is 64.4 cm³/mol. The van der Waals surface area contributed by atoms with Crippen molar-refractivity contribution in [1.82, 2.24) is 0 Å². The van der Waals surface area contributed by atoms with Crippen LogP contribution in [0.1, 0.15) is 30.6 Å². The third-order valence-corrected chi connectivity index (χ3v) is 2.86. The summed E-state index contributed by atoms with van der Waals surface area (Å²) in [5.41, 5.74) is 0.0334. The molecule has 5 heteroatoms. The summed E-state index contributed by atoms with van der Waals surface area (Å²) >= 11 is 0. The summed E-state index contributed by atoms with van der Waals surface area (Å²) in [6, 6.07) is 5.01. The molecule has 1 aromatic carbocycles. The number of halogens is 3. The topological polar surface area (TPSA) is 18.5 Å². The average molecular weight is 272 g/mol. The standard InChI is InChI=1S/C14H15F3O2/c1-2-18-13-5-3-4-12(19-13)10-6-8-11(9-7-10)14(15,16)17/h3-4,6-9,12-13H,2,5H2,1H3/t12-,13+/m0/s1. The minimum absolute atomic E-state index is 0.331. The van der Waals surface area contributed by atoms with E-state index in [0.717, 1.165) is 12.1 Å². The van der Waals surface area contributed by atoms with E-state index in [0.29, 0.717) is 18.6 Å². The summed E-state index contributed by atoms with van der Waals surface area (Å²) in [7, 11) is 0. The van der Waals surface area contributed by atoms with Crippen molar-refractivity contribution in [2.75, 3.05) is 6.61 Å². The highest BCUT2D eigenvalue weighted by Crippen LogP contribution is 2.32. The maximum atomic E-state index is 12.5. The van der Waals surface area contributed by atoms with E-state index in [1.54, 1.807) is 0 Å². The van der Waals surface area contributed by atoms with Crippen LogP contribution >= 0.6 is 0 Å². The molecule has 2 nitrogen and oxygen atoms in total. The second-order valence-electron chi connectivity index (χ2n) is 4.23. The van der Waals surface area contributed by atoms with Crippen LogP contribution in [0.3, 0.4) is 0 Å². The van der Waals surface area contributed by atoms with Gasteiger partial charge in [-0.15, -0.1) is 0 Å². The van der Waals surface area contributed by atoms with Crippen LogP contribution in [-0.4, -0.2) is 12.9 Å². The smallest absolute Gasteiger partial charge is 0.353 e. The van der Waals surface area contributed by atoms with Gasteiger partial charge >= 0.3 is 6.18 Å². The van der Waals surface area contributed by atoms with E-state index in [-0.39, 0.29) is 12.4 Å². The second-order valence-corrected chi connectivity index (χ2v) is 4.23. The van der Waals surface area contributed by atoms with Crippen LogP contribution in [-0.2, 0) is 15.7 Å². The maximum absolute atomic E-state index is 12.5. The lowest BCUT2D eigenvalue weighted by Gasteiger charge is -2.26. The highest BCUT2D eigenvalue weighted by atomic mass is 19.4. The number of alkyl halides is 3. The molecule has 0 spiro atoms. The van der Waals surface area contributed by atoms with E-state index in [4.69, 9.17) is 9.47 Å². The zero-order valence-electron chi connectivity index (χ0n) is 10.5. The summed E-state index contributed by atoms with van der Waals surface area (Å²) in [6.07, 6.45) is -0.583. The highest BCUT2D eigenvalue weighted by Gasteiger charge is 2.30. The van der Waals surface area contributed by atoms with E-state index in [1.165, 1.54) is 12.1 Å². The summed E-state index contributed by atoms with van der Waals surface area (Å²) in [6.45, 7) is 2.41. The van der Waals surface area contributed by atoms with Gasteiger partial charge in [-0.1, -0.05) is 24.3 Å². The molecule has 1 aliphatic rings. The molecule has 0 unspecified atom stereocenters. The minimum Gasteiger partial charge on any atom is -0.353 e. The van der Waals surface area contributed by atoms with Gasteiger partial charge in [-0.25, -0.2) is 0 Å². The number of hydrogen-bond acceptors (Lipinski definition) is 2. The largest absolute Gasteiger partial charge is 0.416 e. The van der Waals surface area contributed by atoms with Crippen molar-refractivity contribution in [3.63, 3.8) is 0 Å². The zero-order chi connectivity index (χ0) is 13.9. The Morgan fingerprint density at radius 3 is 2.53 bits per heavy atom. The van der Waals surface area contributed by atoms with Crippen molar-refractivity contribution < 1.29 is 22.6 Å². The van der Waals surface area contributed by atoms with Gasteiger partial charge < -0.3 is 9.47 Å². The molecule has 1 heterocycles. The predicted octanol–water partition coefficient (Wildman–Crippen LogP) is 4.09. The third-order valence-electron chi connectivity index (χ3n) is 2.86. The Kier molecular flexibility index (Phi) is 4.27. The molecule has 2 rings (SSSR count). The first-order chi connectivity index (χ1) is 9.00. The molecule has 0 saturated heterocycles. The molecule has 0 bridgehead atoms. The van der Waals surface area contributed by atoms with Gasteiger partial charge in [0.2, 0.25) is 0 Å². The fourth-order valence-corrected chi connectivity index (χ4v) is 1.92. The van der Waals surface area contributed by atoms with Gasteiger partial charge in [0.25, 0.3) is 0 Å². The summed E-state index contributed by atoms with van der Waals surface area (Å²) in [5.74, 6) is 0. The molecule has 104 valence electrons. The van der Waals surface area contributed by atoms with E-state index < -0.39 is 11.7 Å². The lowest BCUT2D eigenvalue weighted by molar-refractivity contribution is -0.162. The lowest BCUT2D eigenvalue weighted by atomic mass is 10.0. The van der Waals surface area contributed by atoms with Crippen LogP contribution in [0, 0.1) is 0 Å². The third kappa shape index (κ3) is 3.58. The Balaban J connectivity index is 2.10. The van der Waals surface area contributed by atoms with Crippen LogP contribution < -0.4 is 0 Å². The first-order valence-electron chi connectivity index (χ1n) is 6.11. The van der Waals surface area contributed by atoms with Crippen molar-refractivity contribution in [2.24, 2.45) is 0 Å². The molecule has 19 heavy (non-hydrogen) atoms. The van der Waals surface area contributed by atoms with Crippen molar-refractivity contribution in [3.05, 3.63) is 47.5 Å². The van der Waals surface area contributed by atoms with E-state index >= 15 is 0 Å². The molecular formula is C14H15F3O2. The minimum atomic E-state index is -4.31. The summed E-state index contributed by atoms with van der Waals surface area (Å²) < 4.78 is 48.4. The lowest BCUT2D eigenvalue weighted by Crippen LogP contribution is -2.22. The fraction of sp³-hybridized carbons (Fsp3) is 0.429. The van der Waals surface area contributed by atoms with Gasteiger partial charge in [0.15, 0.2) is 6.29 Å². The number of rotatable bonds is 3. The van der Waals surface area contributed by atoms with Gasteiger partial charge in [0.05, 0.1) is 5.56 Å². The van der Waals surface area contributed by atoms with Crippen molar-refractivity contribution in [2.45, 2.75) is 31.9 Å². The first kappa shape index (κ1) is 14.1. The number of benzene rings is 1. The Morgan fingerprint density at radius 1 is 1.26 bits per heavy atom. The molecule has 0 amide bonds. The molecule has 1 aromatic rings. The number of ether oxygens (including phenoxy) is 2. The Bertz CT molecular complexity index is 437. The van der Waals surface area contributed by atoms with Crippen LogP contribution in [0.2, 0.25) is 0 Å². The highest BCUT2D eigenvalue weighted by molar-refractivity contribution is 5.28. The summed E-state index contributed by atoms with van der Waals surface area (Å²) in [5, 5.41) is 0. The van der Waals surface area contributed by atoms with Crippen molar-refractivity contribution in [3.8, 4) is 0 Å². The monoisotopic (exact) mass is 272 g/mol. The fourth-order valence-electron chi connectivity index (χ4n) is 1.92. The average Bonchev–Trinajstić information content (AvgIpc) is 2.39. The van der Waals surface area contributed by atoms with Gasteiger partial charge in [0, 0.05) is 13.0 Å². The summed E-state index contributed by atoms with van der Waals surface area (Å²) in [4.78, 5) is 0. The molecule has 0 aliphatic carbocycles. The van der Waals surface area contributed by atoms with Crippen LogP contribution in [0.25, 0.3) is 0 Å². The molecule has 0 saturated carbocycles. The van der Waals surface area contributed by atoms with Gasteiger partial charge in [-0.3, -0.25) is 0 Å². The van der Waals surface area contributed by atoms with Gasteiger partial charge in [-0.05, 0) is 24.6 Å². The van der Waals surface area contributed by atoms with E-state index in [1.807, 2.05) is 19.1 Å². The van der Waals surface area contributed by atoms with E-state index in [9.17, 15) is 13.2 Å². The van der Waals surface area contributed by atoms with E-state index in [2.05, 4.69) is 0 Å². The molecule has 0 aromatic heterocycles. The van der Waals surface area contributed by atoms with Crippen LogP contribution in [0.4, 0.5) is 13.2 Å². The molecule has 0 fully saturated rings. The van der Waals surface area contributed by atoms with Gasteiger partial charge in [0.1, 0.15) is 6.10 Å². The first-order valence-corrected chi connectivity index (χ1v) is 6.11. The molecule has 0 N–H and O–H groups in total. The zero-order valence-corrected chi connectivity index (χ0v) is 10.5. The molecule has 1 aliphatic heterocycles. The Labute approximate surface area is 109 Å². The molecule has 2 atom stereocenters. The van der Waals surface area contributed by atoms with Crippen LogP contribution in [0.15, 0.2) is 36.4 Å². The molecular weight excluding hydrogens is 257 g/mol. The Morgan fingerprint density at radius 2 is 1.95 bits per heavy atom. The Hall–Kier alpha value is -1.33. The van der Waals surface area contributed by atoms with Gasteiger partial charge in [-0.2, -0.15) is 13.2 Å². The molecule has 0 radical (unpaired) electrons. The maximum Gasteiger partial charge on any atom is 0.416 e. The van der Waals surface area contributed by atoms with Crippen LogP contribution in [0.5, 0.6) is 0 Å². The SMILES string of the molecule is CCO[C@H]1CC=C[C@@H](c2ccc(C(F)(F)F)cc2)O1.